The molecular formula is C17H24ClFN2. The second-order valence-corrected chi connectivity index (χ2v) is 6.78. The average Bonchev–Trinajstić information content (AvgIpc) is 2.89. The second kappa shape index (κ2) is 7.08. The number of rotatable bonds is 3. The Bertz CT molecular complexity index is 474. The summed E-state index contributed by atoms with van der Waals surface area (Å²) >= 11 is 5.82. The molecule has 0 spiro atoms. The van der Waals surface area contributed by atoms with Crippen molar-refractivity contribution >= 4 is 11.6 Å². The molecule has 2 fully saturated rings. The predicted molar refractivity (Wildman–Crippen MR) is 85.1 cm³/mol. The van der Waals surface area contributed by atoms with E-state index < -0.39 is 0 Å². The number of benzene rings is 1. The van der Waals surface area contributed by atoms with E-state index in [4.69, 9.17) is 11.6 Å². The second-order valence-electron chi connectivity index (χ2n) is 6.34. The first-order chi connectivity index (χ1) is 10.2. The lowest BCUT2D eigenvalue weighted by molar-refractivity contribution is 0.198. The topological polar surface area (TPSA) is 6.48 Å². The Morgan fingerprint density at radius 1 is 1.05 bits per heavy atom. The fourth-order valence-corrected chi connectivity index (χ4v) is 3.83. The van der Waals surface area contributed by atoms with Crippen LogP contribution in [0.5, 0.6) is 0 Å². The van der Waals surface area contributed by atoms with Crippen LogP contribution in [-0.2, 0) is 6.54 Å². The molecule has 1 aliphatic carbocycles. The third kappa shape index (κ3) is 3.97. The molecule has 0 N–H and O–H groups in total. The Kier molecular flexibility index (Phi) is 5.15. The molecule has 0 bridgehead atoms. The Morgan fingerprint density at radius 3 is 2.62 bits per heavy atom. The van der Waals surface area contributed by atoms with Gasteiger partial charge >= 0.3 is 0 Å². The molecule has 2 aliphatic rings. The van der Waals surface area contributed by atoms with Crippen LogP contribution in [0.3, 0.4) is 0 Å². The normalized spacial score (nSPS) is 22.6. The van der Waals surface area contributed by atoms with Crippen LogP contribution >= 0.6 is 11.6 Å². The van der Waals surface area contributed by atoms with Crippen LogP contribution in [-0.4, -0.2) is 42.0 Å². The smallest absolute Gasteiger partial charge is 0.129 e. The van der Waals surface area contributed by atoms with Gasteiger partial charge in [0.05, 0.1) is 0 Å². The highest BCUT2D eigenvalue weighted by atomic mass is 35.5. The Balaban J connectivity index is 1.57. The van der Waals surface area contributed by atoms with Crippen molar-refractivity contribution in [2.45, 2.75) is 44.7 Å². The zero-order valence-corrected chi connectivity index (χ0v) is 13.3. The summed E-state index contributed by atoms with van der Waals surface area (Å²) in [6.07, 6.45) is 6.70. The van der Waals surface area contributed by atoms with Crippen molar-refractivity contribution < 1.29 is 4.39 Å². The fraction of sp³-hybridized carbons (Fsp3) is 0.647. The van der Waals surface area contributed by atoms with E-state index in [0.29, 0.717) is 11.6 Å². The number of nitrogens with zero attached hydrogens (tertiary/aromatic N) is 2. The van der Waals surface area contributed by atoms with Crippen LogP contribution in [0.2, 0.25) is 5.02 Å². The maximum Gasteiger partial charge on any atom is 0.129 e. The zero-order chi connectivity index (χ0) is 14.7. The van der Waals surface area contributed by atoms with Gasteiger partial charge < -0.3 is 0 Å². The molecule has 1 saturated carbocycles. The minimum Gasteiger partial charge on any atom is -0.299 e. The summed E-state index contributed by atoms with van der Waals surface area (Å²) in [4.78, 5) is 5.03. The van der Waals surface area contributed by atoms with Crippen LogP contribution in [0.25, 0.3) is 0 Å². The first kappa shape index (κ1) is 15.3. The van der Waals surface area contributed by atoms with Crippen molar-refractivity contribution in [1.29, 1.82) is 0 Å². The van der Waals surface area contributed by atoms with Gasteiger partial charge in [-0.05, 0) is 44.5 Å². The number of hydrogen-bond donors (Lipinski definition) is 0. The Labute approximate surface area is 131 Å². The molecule has 1 aromatic rings. The summed E-state index contributed by atoms with van der Waals surface area (Å²) in [7, 11) is 0. The summed E-state index contributed by atoms with van der Waals surface area (Å²) in [5.74, 6) is -0.181. The van der Waals surface area contributed by atoms with E-state index in [1.165, 1.54) is 44.7 Å². The number of hydrogen-bond acceptors (Lipinski definition) is 2. The molecule has 1 heterocycles. The molecule has 0 unspecified atom stereocenters. The van der Waals surface area contributed by atoms with Crippen LogP contribution in [0.15, 0.2) is 18.2 Å². The van der Waals surface area contributed by atoms with E-state index in [2.05, 4.69) is 9.80 Å². The van der Waals surface area contributed by atoms with E-state index >= 15 is 0 Å². The summed E-state index contributed by atoms with van der Waals surface area (Å²) in [5, 5.41) is 0.472. The molecule has 3 rings (SSSR count). The molecule has 1 aliphatic heterocycles. The molecule has 1 aromatic carbocycles. The van der Waals surface area contributed by atoms with E-state index in [-0.39, 0.29) is 5.82 Å². The molecule has 0 aromatic heterocycles. The van der Waals surface area contributed by atoms with Crippen LogP contribution in [0.4, 0.5) is 4.39 Å². The predicted octanol–water partition coefficient (Wildman–Crippen LogP) is 3.93. The highest BCUT2D eigenvalue weighted by Crippen LogP contribution is 2.25. The highest BCUT2D eigenvalue weighted by Gasteiger charge is 2.24. The third-order valence-corrected chi connectivity index (χ3v) is 5.11. The Hall–Kier alpha value is -0.640. The van der Waals surface area contributed by atoms with Crippen molar-refractivity contribution in [2.24, 2.45) is 0 Å². The van der Waals surface area contributed by atoms with E-state index in [0.717, 1.165) is 31.2 Å². The first-order valence-corrected chi connectivity index (χ1v) is 8.50. The lowest BCUT2D eigenvalue weighted by atomic mass is 10.2. The minimum absolute atomic E-state index is 0.181. The fourth-order valence-electron chi connectivity index (χ4n) is 3.67. The maximum atomic E-state index is 13.9. The third-order valence-electron chi connectivity index (χ3n) is 4.87. The largest absolute Gasteiger partial charge is 0.299 e. The van der Waals surface area contributed by atoms with Crippen molar-refractivity contribution in [1.82, 2.24) is 9.80 Å². The molecule has 0 radical (unpaired) electrons. The molecule has 0 amide bonds. The summed E-state index contributed by atoms with van der Waals surface area (Å²) in [5.41, 5.74) is 0.758. The maximum absolute atomic E-state index is 13.9. The van der Waals surface area contributed by atoms with Gasteiger partial charge in [0, 0.05) is 36.3 Å². The monoisotopic (exact) mass is 310 g/mol. The molecule has 116 valence electrons. The van der Waals surface area contributed by atoms with Gasteiger partial charge in [-0.15, -0.1) is 0 Å². The highest BCUT2D eigenvalue weighted by molar-refractivity contribution is 6.30. The van der Waals surface area contributed by atoms with Crippen molar-refractivity contribution in [3.63, 3.8) is 0 Å². The Morgan fingerprint density at radius 2 is 1.86 bits per heavy atom. The summed E-state index contributed by atoms with van der Waals surface area (Å²) in [6.45, 7) is 5.12. The van der Waals surface area contributed by atoms with Crippen molar-refractivity contribution in [3.05, 3.63) is 34.6 Å². The van der Waals surface area contributed by atoms with Gasteiger partial charge in [0.25, 0.3) is 0 Å². The lowest BCUT2D eigenvalue weighted by Crippen LogP contribution is -2.36. The van der Waals surface area contributed by atoms with Crippen LogP contribution in [0.1, 0.15) is 37.7 Å². The van der Waals surface area contributed by atoms with Gasteiger partial charge in [0.1, 0.15) is 5.82 Å². The number of halogens is 2. The van der Waals surface area contributed by atoms with Crippen molar-refractivity contribution in [3.8, 4) is 0 Å². The van der Waals surface area contributed by atoms with E-state index in [1.54, 1.807) is 6.07 Å². The van der Waals surface area contributed by atoms with Crippen LogP contribution in [0, 0.1) is 5.82 Å². The molecular weight excluding hydrogens is 287 g/mol. The van der Waals surface area contributed by atoms with Gasteiger partial charge in [0.15, 0.2) is 0 Å². The average molecular weight is 311 g/mol. The SMILES string of the molecule is Fc1cc(Cl)ccc1CN1CCCN(C2CCCC2)CC1. The zero-order valence-electron chi connectivity index (χ0n) is 12.5. The standard InChI is InChI=1S/C17H24ClFN2/c18-15-7-6-14(17(19)12-15)13-20-8-3-9-21(11-10-20)16-4-1-2-5-16/h6-7,12,16H,1-5,8-11,13H2. The van der Waals surface area contributed by atoms with E-state index in [9.17, 15) is 4.39 Å². The first-order valence-electron chi connectivity index (χ1n) is 8.13. The molecule has 2 nitrogen and oxygen atoms in total. The summed E-state index contributed by atoms with van der Waals surface area (Å²) in [6, 6.07) is 5.82. The van der Waals surface area contributed by atoms with Crippen molar-refractivity contribution in [2.75, 3.05) is 26.2 Å². The molecule has 1 saturated heterocycles. The molecule has 4 heteroatoms. The van der Waals surface area contributed by atoms with Gasteiger partial charge in [-0.25, -0.2) is 4.39 Å². The molecule has 0 atom stereocenters. The summed E-state index contributed by atoms with van der Waals surface area (Å²) < 4.78 is 13.9. The molecule has 21 heavy (non-hydrogen) atoms. The minimum atomic E-state index is -0.181. The van der Waals surface area contributed by atoms with Gasteiger partial charge in [0.2, 0.25) is 0 Å². The van der Waals surface area contributed by atoms with Gasteiger partial charge in [-0.3, -0.25) is 9.80 Å². The lowest BCUT2D eigenvalue weighted by Gasteiger charge is -2.27. The quantitative estimate of drug-likeness (QED) is 0.834. The van der Waals surface area contributed by atoms with Gasteiger partial charge in [-0.2, -0.15) is 0 Å². The van der Waals surface area contributed by atoms with Gasteiger partial charge in [-0.1, -0.05) is 30.5 Å². The van der Waals surface area contributed by atoms with Crippen LogP contribution < -0.4 is 0 Å². The van der Waals surface area contributed by atoms with E-state index in [1.807, 2.05) is 6.07 Å².